The summed E-state index contributed by atoms with van der Waals surface area (Å²) in [5.41, 5.74) is 1.17. The molecule has 1 aromatic carbocycles. The van der Waals surface area contributed by atoms with Gasteiger partial charge in [0.15, 0.2) is 5.58 Å². The zero-order valence-electron chi connectivity index (χ0n) is 12.0. The van der Waals surface area contributed by atoms with Gasteiger partial charge in [-0.15, -0.1) is 0 Å². The molecule has 1 N–H and O–H groups in total. The fourth-order valence-corrected chi connectivity index (χ4v) is 1.83. The van der Waals surface area contributed by atoms with Crippen molar-refractivity contribution in [2.45, 2.75) is 20.0 Å². The summed E-state index contributed by atoms with van der Waals surface area (Å²) >= 11 is 0. The first kappa shape index (κ1) is 14.3. The van der Waals surface area contributed by atoms with Crippen molar-refractivity contribution in [3.8, 4) is 5.75 Å². The third kappa shape index (κ3) is 2.72. The molecule has 1 unspecified atom stereocenters. The van der Waals surface area contributed by atoms with E-state index < -0.39 is 5.63 Å². The third-order valence-electron chi connectivity index (χ3n) is 3.30. The standard InChI is InChI=1S/C15H18N2O3/c1-9-7-14(19)20-15-11(9)5-6-13(18)12(15)8-16-10(2)17(3)4/h5-8,10,18H,1-4H3/b16-8+. The Hall–Kier alpha value is -2.14. The fraction of sp³-hybridized carbons (Fsp3) is 0.333. The van der Waals surface area contributed by atoms with Gasteiger partial charge >= 0.3 is 5.63 Å². The lowest BCUT2D eigenvalue weighted by Gasteiger charge is -2.14. The van der Waals surface area contributed by atoms with Gasteiger partial charge in [-0.3, -0.25) is 9.89 Å². The number of phenolic OH excluding ortho intramolecular Hbond substituents is 1. The summed E-state index contributed by atoms with van der Waals surface area (Å²) < 4.78 is 5.23. The molecule has 0 aliphatic rings. The molecule has 0 amide bonds. The molecule has 1 atom stereocenters. The maximum Gasteiger partial charge on any atom is 0.336 e. The van der Waals surface area contributed by atoms with Gasteiger partial charge in [0.05, 0.1) is 11.7 Å². The number of fused-ring (bicyclic) bond motifs is 1. The van der Waals surface area contributed by atoms with Crippen molar-refractivity contribution in [1.82, 2.24) is 4.90 Å². The van der Waals surface area contributed by atoms with E-state index >= 15 is 0 Å². The van der Waals surface area contributed by atoms with E-state index in [9.17, 15) is 9.90 Å². The summed E-state index contributed by atoms with van der Waals surface area (Å²) in [6, 6.07) is 4.75. The molecule has 5 heteroatoms. The normalized spacial score (nSPS) is 13.4. The number of phenols is 1. The van der Waals surface area contributed by atoms with Gasteiger partial charge in [-0.05, 0) is 45.6 Å². The number of nitrogens with zero attached hydrogens (tertiary/aromatic N) is 2. The van der Waals surface area contributed by atoms with Crippen LogP contribution in [0.25, 0.3) is 11.0 Å². The second-order valence-corrected chi connectivity index (χ2v) is 5.00. The molecule has 5 nitrogen and oxygen atoms in total. The average molecular weight is 274 g/mol. The van der Waals surface area contributed by atoms with E-state index in [0.29, 0.717) is 11.1 Å². The lowest BCUT2D eigenvalue weighted by molar-refractivity contribution is 0.325. The molecule has 20 heavy (non-hydrogen) atoms. The van der Waals surface area contributed by atoms with Crippen LogP contribution in [0.1, 0.15) is 18.1 Å². The molecule has 0 aliphatic carbocycles. The molecular weight excluding hydrogens is 256 g/mol. The lowest BCUT2D eigenvalue weighted by Crippen LogP contribution is -2.22. The van der Waals surface area contributed by atoms with Gasteiger partial charge in [-0.2, -0.15) is 0 Å². The maximum atomic E-state index is 11.5. The number of hydrogen-bond acceptors (Lipinski definition) is 5. The SMILES string of the molecule is Cc1cc(=O)oc2c(/C=N/C(C)N(C)C)c(O)ccc12. The number of rotatable bonds is 3. The number of aliphatic imine (C=N–C) groups is 1. The van der Waals surface area contributed by atoms with Gasteiger partial charge in [-0.1, -0.05) is 0 Å². The first-order valence-corrected chi connectivity index (χ1v) is 6.36. The first-order valence-electron chi connectivity index (χ1n) is 6.36. The molecule has 1 aromatic heterocycles. The molecule has 2 aromatic rings. The molecule has 0 aliphatic heterocycles. The van der Waals surface area contributed by atoms with Crippen LogP contribution < -0.4 is 5.63 Å². The summed E-state index contributed by atoms with van der Waals surface area (Å²) in [4.78, 5) is 17.8. The minimum Gasteiger partial charge on any atom is -0.507 e. The highest BCUT2D eigenvalue weighted by atomic mass is 16.4. The second kappa shape index (κ2) is 5.46. The van der Waals surface area contributed by atoms with Crippen LogP contribution in [-0.4, -0.2) is 36.5 Å². The quantitative estimate of drug-likeness (QED) is 0.688. The van der Waals surface area contributed by atoms with Gasteiger partial charge in [0, 0.05) is 17.7 Å². The summed E-state index contributed by atoms with van der Waals surface area (Å²) in [7, 11) is 3.82. The Kier molecular flexibility index (Phi) is 3.90. The smallest absolute Gasteiger partial charge is 0.336 e. The van der Waals surface area contributed by atoms with Gasteiger partial charge < -0.3 is 9.52 Å². The zero-order chi connectivity index (χ0) is 14.9. The number of benzene rings is 1. The Morgan fingerprint density at radius 3 is 2.75 bits per heavy atom. The van der Waals surface area contributed by atoms with E-state index in [1.165, 1.54) is 6.07 Å². The number of aryl methyl sites for hydroxylation is 1. The van der Waals surface area contributed by atoms with Crippen LogP contribution in [0.4, 0.5) is 0 Å². The largest absolute Gasteiger partial charge is 0.507 e. The van der Waals surface area contributed by atoms with Crippen LogP contribution >= 0.6 is 0 Å². The Labute approximate surface area is 117 Å². The topological polar surface area (TPSA) is 66.0 Å². The fourth-order valence-electron chi connectivity index (χ4n) is 1.83. The van der Waals surface area contributed by atoms with Crippen molar-refractivity contribution in [2.24, 2.45) is 4.99 Å². The second-order valence-electron chi connectivity index (χ2n) is 5.00. The van der Waals surface area contributed by atoms with Crippen molar-refractivity contribution in [2.75, 3.05) is 14.1 Å². The highest BCUT2D eigenvalue weighted by molar-refractivity contribution is 6.00. The molecule has 2 rings (SSSR count). The molecule has 0 saturated heterocycles. The van der Waals surface area contributed by atoms with Crippen molar-refractivity contribution < 1.29 is 9.52 Å². The predicted molar refractivity (Wildman–Crippen MR) is 79.6 cm³/mol. The Balaban J connectivity index is 2.63. The highest BCUT2D eigenvalue weighted by Crippen LogP contribution is 2.26. The van der Waals surface area contributed by atoms with Crippen LogP contribution in [0.5, 0.6) is 5.75 Å². The number of hydrogen-bond donors (Lipinski definition) is 1. The van der Waals surface area contributed by atoms with E-state index in [2.05, 4.69) is 4.99 Å². The van der Waals surface area contributed by atoms with Crippen LogP contribution in [0.2, 0.25) is 0 Å². The van der Waals surface area contributed by atoms with Gasteiger partial charge in [-0.25, -0.2) is 4.79 Å². The molecular formula is C15H18N2O3. The van der Waals surface area contributed by atoms with Crippen LogP contribution in [0.15, 0.2) is 32.4 Å². The molecule has 0 fully saturated rings. The summed E-state index contributed by atoms with van der Waals surface area (Å²) in [5.74, 6) is 0.0426. The third-order valence-corrected chi connectivity index (χ3v) is 3.30. The van der Waals surface area contributed by atoms with Crippen LogP contribution in [-0.2, 0) is 0 Å². The first-order chi connectivity index (χ1) is 9.40. The maximum absolute atomic E-state index is 11.5. The minimum atomic E-state index is -0.434. The van der Waals surface area contributed by atoms with E-state index in [4.69, 9.17) is 4.42 Å². The van der Waals surface area contributed by atoms with E-state index in [0.717, 1.165) is 10.9 Å². The highest BCUT2D eigenvalue weighted by Gasteiger charge is 2.11. The summed E-state index contributed by atoms with van der Waals surface area (Å²) in [6.07, 6.45) is 1.51. The lowest BCUT2D eigenvalue weighted by atomic mass is 10.1. The summed E-state index contributed by atoms with van der Waals surface area (Å²) in [5, 5.41) is 10.8. The van der Waals surface area contributed by atoms with E-state index in [1.54, 1.807) is 18.3 Å². The van der Waals surface area contributed by atoms with Crippen molar-refractivity contribution in [3.63, 3.8) is 0 Å². The van der Waals surface area contributed by atoms with Gasteiger partial charge in [0.2, 0.25) is 0 Å². The predicted octanol–water partition coefficient (Wildman–Crippen LogP) is 2.13. The zero-order valence-corrected chi connectivity index (χ0v) is 12.0. The van der Waals surface area contributed by atoms with Crippen LogP contribution in [0, 0.1) is 6.92 Å². The molecule has 1 heterocycles. The van der Waals surface area contributed by atoms with Crippen molar-refractivity contribution in [3.05, 3.63) is 39.7 Å². The Morgan fingerprint density at radius 2 is 2.10 bits per heavy atom. The Bertz CT molecular complexity index is 717. The van der Waals surface area contributed by atoms with E-state index in [1.807, 2.05) is 32.8 Å². The molecule has 0 saturated carbocycles. The Morgan fingerprint density at radius 1 is 1.40 bits per heavy atom. The minimum absolute atomic E-state index is 0.0406. The monoisotopic (exact) mass is 274 g/mol. The molecule has 106 valence electrons. The molecule has 0 spiro atoms. The molecule has 0 radical (unpaired) electrons. The van der Waals surface area contributed by atoms with Crippen molar-refractivity contribution >= 4 is 17.2 Å². The summed E-state index contributed by atoms with van der Waals surface area (Å²) in [6.45, 7) is 3.76. The van der Waals surface area contributed by atoms with E-state index in [-0.39, 0.29) is 11.9 Å². The van der Waals surface area contributed by atoms with Gasteiger partial charge in [0.1, 0.15) is 5.75 Å². The average Bonchev–Trinajstić information content (AvgIpc) is 2.36. The molecule has 0 bridgehead atoms. The van der Waals surface area contributed by atoms with Gasteiger partial charge in [0.25, 0.3) is 0 Å². The van der Waals surface area contributed by atoms with Crippen molar-refractivity contribution in [1.29, 1.82) is 0 Å². The number of aromatic hydroxyl groups is 1. The van der Waals surface area contributed by atoms with Crippen LogP contribution in [0.3, 0.4) is 0 Å².